The van der Waals surface area contributed by atoms with Crippen molar-refractivity contribution in [1.82, 2.24) is 44.9 Å². The first-order valence-electron chi connectivity index (χ1n) is 12.6. The lowest BCUT2D eigenvalue weighted by Gasteiger charge is -2.37. The minimum absolute atomic E-state index is 0.136. The number of piperidine rings is 1. The molecule has 13 heteroatoms. The van der Waals surface area contributed by atoms with Crippen LogP contribution in [0.4, 0.5) is 4.39 Å². The van der Waals surface area contributed by atoms with Gasteiger partial charge in [0.1, 0.15) is 29.0 Å². The highest BCUT2D eigenvalue weighted by Gasteiger charge is 2.32. The maximum atomic E-state index is 15.0. The Morgan fingerprint density at radius 2 is 2.08 bits per heavy atom. The van der Waals surface area contributed by atoms with E-state index < -0.39 is 5.82 Å². The van der Waals surface area contributed by atoms with E-state index >= 15 is 4.39 Å². The van der Waals surface area contributed by atoms with E-state index in [0.717, 1.165) is 5.52 Å². The van der Waals surface area contributed by atoms with Gasteiger partial charge in [0.2, 0.25) is 0 Å². The molecule has 0 saturated carbocycles. The standard InChI is InChI=1S/C27H25ClFN9O2/c1-37-12-16(34-27(39)18-8-15(28)5-6-23(18)40-2)9-17(13-37)38-22-10-20(25-32-14-33-36-25)31-11-21(22)35-26(38)24-19(29)4-3-7-30-24/h3-8,10-11,14,16-17H,9,12-13H2,1-2H3,(H,34,39)(H,32,33,36)/t16?,17-/m1/s1. The number of H-pyrrole nitrogens is 1. The van der Waals surface area contributed by atoms with Crippen molar-refractivity contribution >= 4 is 28.5 Å². The maximum Gasteiger partial charge on any atom is 0.255 e. The lowest BCUT2D eigenvalue weighted by Crippen LogP contribution is -2.50. The average molecular weight is 562 g/mol. The molecular weight excluding hydrogens is 537 g/mol. The summed E-state index contributed by atoms with van der Waals surface area (Å²) in [6.07, 6.45) is 5.14. The number of rotatable bonds is 6. The number of pyridine rings is 2. The first-order chi connectivity index (χ1) is 19.4. The van der Waals surface area contributed by atoms with Crippen molar-refractivity contribution in [2.24, 2.45) is 0 Å². The number of carbonyl (C=O) groups excluding carboxylic acids is 1. The van der Waals surface area contributed by atoms with Gasteiger partial charge in [0, 0.05) is 30.4 Å². The molecule has 1 amide bonds. The molecule has 2 N–H and O–H groups in total. The number of amides is 1. The third-order valence-corrected chi connectivity index (χ3v) is 7.16. The van der Waals surface area contributed by atoms with Crippen molar-refractivity contribution in [3.8, 4) is 28.8 Å². The van der Waals surface area contributed by atoms with Crippen LogP contribution in [0.25, 0.3) is 34.1 Å². The number of hydrogen-bond donors (Lipinski definition) is 2. The number of likely N-dealkylation sites (tertiary alicyclic amines) is 1. The van der Waals surface area contributed by atoms with Crippen LogP contribution in [0.1, 0.15) is 22.8 Å². The molecule has 0 radical (unpaired) electrons. The van der Waals surface area contributed by atoms with Gasteiger partial charge in [0.25, 0.3) is 5.91 Å². The van der Waals surface area contributed by atoms with Gasteiger partial charge in [0.15, 0.2) is 17.5 Å². The molecule has 40 heavy (non-hydrogen) atoms. The third-order valence-electron chi connectivity index (χ3n) is 6.92. The van der Waals surface area contributed by atoms with Gasteiger partial charge >= 0.3 is 0 Å². The molecule has 1 aliphatic rings. The number of aromatic nitrogens is 7. The Labute approximate surface area is 233 Å². The molecule has 11 nitrogen and oxygen atoms in total. The minimum atomic E-state index is -0.482. The molecule has 1 unspecified atom stereocenters. The van der Waals surface area contributed by atoms with Crippen LogP contribution in [0.2, 0.25) is 5.02 Å². The van der Waals surface area contributed by atoms with Crippen LogP contribution in [0, 0.1) is 5.82 Å². The number of methoxy groups -OCH3 is 1. The van der Waals surface area contributed by atoms with Gasteiger partial charge in [-0.05, 0) is 49.9 Å². The smallest absolute Gasteiger partial charge is 0.255 e. The summed E-state index contributed by atoms with van der Waals surface area (Å²) >= 11 is 6.16. The summed E-state index contributed by atoms with van der Waals surface area (Å²) in [6, 6.07) is 9.27. The van der Waals surface area contributed by atoms with E-state index in [-0.39, 0.29) is 23.7 Å². The molecule has 6 rings (SSSR count). The van der Waals surface area contributed by atoms with Crippen LogP contribution < -0.4 is 10.1 Å². The second-order valence-corrected chi connectivity index (χ2v) is 10.1. The van der Waals surface area contributed by atoms with Crippen LogP contribution in [-0.2, 0) is 0 Å². The number of fused-ring (bicyclic) bond motifs is 1. The summed E-state index contributed by atoms with van der Waals surface area (Å²) in [6.45, 7) is 1.26. The fourth-order valence-corrected chi connectivity index (χ4v) is 5.42. The van der Waals surface area contributed by atoms with Crippen LogP contribution in [0.15, 0.2) is 55.1 Å². The highest BCUT2D eigenvalue weighted by atomic mass is 35.5. The van der Waals surface area contributed by atoms with Gasteiger partial charge < -0.3 is 19.5 Å². The Hall–Kier alpha value is -4.42. The first-order valence-corrected chi connectivity index (χ1v) is 13.0. The Bertz CT molecular complexity index is 1690. The predicted octanol–water partition coefficient (Wildman–Crippen LogP) is 3.75. The Morgan fingerprint density at radius 3 is 2.85 bits per heavy atom. The van der Waals surface area contributed by atoms with E-state index in [0.29, 0.717) is 58.7 Å². The summed E-state index contributed by atoms with van der Waals surface area (Å²) in [5.74, 6) is 0.544. The molecule has 4 aromatic heterocycles. The number of halogens is 2. The van der Waals surface area contributed by atoms with Crippen LogP contribution in [0.5, 0.6) is 5.75 Å². The molecule has 2 atom stereocenters. The zero-order valence-corrected chi connectivity index (χ0v) is 22.4. The largest absolute Gasteiger partial charge is 0.496 e. The number of carbonyl (C=O) groups is 1. The van der Waals surface area contributed by atoms with Gasteiger partial charge in [-0.15, -0.1) is 0 Å². The molecule has 0 bridgehead atoms. The zero-order valence-electron chi connectivity index (χ0n) is 21.7. The SMILES string of the molecule is COc1ccc(Cl)cc1C(=O)NC1C[C@@H](n2c(-c3ncccc3F)nc3cnc(-c4ncn[nH]4)cc32)CN(C)C1. The second-order valence-electron chi connectivity index (χ2n) is 9.66. The lowest BCUT2D eigenvalue weighted by atomic mass is 9.99. The van der Waals surface area contributed by atoms with Crippen LogP contribution in [-0.4, -0.2) is 78.8 Å². The number of benzene rings is 1. The summed E-state index contributed by atoms with van der Waals surface area (Å²) < 4.78 is 22.4. The predicted molar refractivity (Wildman–Crippen MR) is 147 cm³/mol. The van der Waals surface area contributed by atoms with Crippen LogP contribution >= 0.6 is 11.6 Å². The van der Waals surface area contributed by atoms with Gasteiger partial charge in [-0.2, -0.15) is 5.10 Å². The summed E-state index contributed by atoms with van der Waals surface area (Å²) in [4.78, 5) is 33.2. The lowest BCUT2D eigenvalue weighted by molar-refractivity contribution is 0.0891. The number of imidazole rings is 1. The number of aromatic amines is 1. The fourth-order valence-electron chi connectivity index (χ4n) is 5.24. The maximum absolute atomic E-state index is 15.0. The molecular formula is C27H25ClFN9O2. The van der Waals surface area contributed by atoms with E-state index in [9.17, 15) is 4.79 Å². The molecule has 1 aliphatic heterocycles. The topological polar surface area (TPSA) is 127 Å². The molecule has 1 aromatic carbocycles. The van der Waals surface area contributed by atoms with E-state index in [1.807, 2.05) is 17.7 Å². The Balaban J connectivity index is 1.40. The van der Waals surface area contributed by atoms with Crippen molar-refractivity contribution < 1.29 is 13.9 Å². The molecule has 204 valence electrons. The summed E-state index contributed by atoms with van der Waals surface area (Å²) in [5.41, 5.74) is 2.38. The van der Waals surface area contributed by atoms with Crippen molar-refractivity contribution in [2.75, 3.05) is 27.2 Å². The van der Waals surface area contributed by atoms with Crippen molar-refractivity contribution in [1.29, 1.82) is 0 Å². The zero-order chi connectivity index (χ0) is 27.8. The monoisotopic (exact) mass is 561 g/mol. The number of nitrogens with zero attached hydrogens (tertiary/aromatic N) is 7. The quantitative estimate of drug-likeness (QED) is 0.321. The molecule has 1 saturated heterocycles. The molecule has 5 aromatic rings. The van der Waals surface area contributed by atoms with E-state index in [1.165, 1.54) is 25.7 Å². The Kier molecular flexibility index (Phi) is 6.86. The van der Waals surface area contributed by atoms with Gasteiger partial charge in [-0.25, -0.2) is 19.3 Å². The fraction of sp³-hybridized carbons (Fsp3) is 0.259. The Morgan fingerprint density at radius 1 is 1.20 bits per heavy atom. The second kappa shape index (κ2) is 10.6. The third kappa shape index (κ3) is 4.87. The molecule has 0 spiro atoms. The van der Waals surface area contributed by atoms with Gasteiger partial charge in [0.05, 0.1) is 30.4 Å². The number of ether oxygens (including phenoxy) is 1. The van der Waals surface area contributed by atoms with Crippen molar-refractivity contribution in [2.45, 2.75) is 18.5 Å². The normalized spacial score (nSPS) is 17.7. The number of hydrogen-bond acceptors (Lipinski definition) is 8. The van der Waals surface area contributed by atoms with Gasteiger partial charge in [-0.1, -0.05) is 11.6 Å². The molecule has 5 heterocycles. The highest BCUT2D eigenvalue weighted by molar-refractivity contribution is 6.31. The average Bonchev–Trinajstić information content (AvgIpc) is 3.61. The van der Waals surface area contributed by atoms with Gasteiger partial charge in [-0.3, -0.25) is 14.9 Å². The molecule has 0 aliphatic carbocycles. The van der Waals surface area contributed by atoms with E-state index in [1.54, 1.807) is 30.5 Å². The number of likely N-dealkylation sites (N-methyl/N-ethyl adjacent to an activating group) is 1. The highest BCUT2D eigenvalue weighted by Crippen LogP contribution is 2.34. The van der Waals surface area contributed by atoms with Crippen molar-refractivity contribution in [3.05, 3.63) is 71.5 Å². The van der Waals surface area contributed by atoms with Crippen LogP contribution in [0.3, 0.4) is 0 Å². The van der Waals surface area contributed by atoms with E-state index in [4.69, 9.17) is 21.3 Å². The number of nitrogens with one attached hydrogen (secondary N) is 2. The summed E-state index contributed by atoms with van der Waals surface area (Å²) in [7, 11) is 3.49. The first kappa shape index (κ1) is 25.8. The van der Waals surface area contributed by atoms with Crippen molar-refractivity contribution in [3.63, 3.8) is 0 Å². The minimum Gasteiger partial charge on any atom is -0.496 e. The summed E-state index contributed by atoms with van der Waals surface area (Å²) in [5, 5.41) is 10.3. The molecule has 1 fully saturated rings. The van der Waals surface area contributed by atoms with E-state index in [2.05, 4.69) is 35.4 Å².